The number of pyridine rings is 1. The van der Waals surface area contributed by atoms with Gasteiger partial charge in [0, 0.05) is 17.4 Å². The lowest BCUT2D eigenvalue weighted by Crippen LogP contribution is -2.56. The highest BCUT2D eigenvalue weighted by molar-refractivity contribution is 5.85. The van der Waals surface area contributed by atoms with Crippen LogP contribution in [0.5, 0.6) is 5.88 Å². The molecule has 7 rings (SSSR count). The summed E-state index contributed by atoms with van der Waals surface area (Å²) in [5.41, 5.74) is 8.15. The number of nitrogens with zero attached hydrogens (tertiary/aromatic N) is 2. The van der Waals surface area contributed by atoms with Crippen molar-refractivity contribution in [2.45, 2.75) is 24.4 Å². The molecule has 0 spiro atoms. The third-order valence-corrected chi connectivity index (χ3v) is 7.99. The Bertz CT molecular complexity index is 1530. The lowest BCUT2D eigenvalue weighted by Gasteiger charge is -2.44. The summed E-state index contributed by atoms with van der Waals surface area (Å²) < 4.78 is 17.1. The lowest BCUT2D eigenvalue weighted by molar-refractivity contribution is -0.0331. The zero-order chi connectivity index (χ0) is 25.6. The van der Waals surface area contributed by atoms with Gasteiger partial charge in [0.1, 0.15) is 6.61 Å². The minimum absolute atomic E-state index is 0.0446. The number of morpholine rings is 1. The van der Waals surface area contributed by atoms with Gasteiger partial charge < -0.3 is 14.2 Å². The maximum atomic E-state index is 13.5. The van der Waals surface area contributed by atoms with Gasteiger partial charge in [0.05, 0.1) is 37.9 Å². The summed E-state index contributed by atoms with van der Waals surface area (Å²) >= 11 is 0. The lowest BCUT2D eigenvalue weighted by atomic mass is 9.89. The van der Waals surface area contributed by atoms with Gasteiger partial charge in [-0.25, -0.2) is 9.78 Å². The molecule has 0 saturated carbocycles. The molecule has 1 saturated heterocycles. The predicted octanol–water partition coefficient (Wildman–Crippen LogP) is 6.05. The summed E-state index contributed by atoms with van der Waals surface area (Å²) in [7, 11) is 1.62. The first-order chi connectivity index (χ1) is 18.7. The Kier molecular flexibility index (Phi) is 5.63. The molecule has 2 atom stereocenters. The molecule has 190 valence electrons. The van der Waals surface area contributed by atoms with Crippen molar-refractivity contribution in [2.24, 2.45) is 0 Å². The van der Waals surface area contributed by atoms with E-state index in [0.717, 1.165) is 22.9 Å². The highest BCUT2D eigenvalue weighted by Crippen LogP contribution is 2.44. The van der Waals surface area contributed by atoms with Crippen LogP contribution in [0.25, 0.3) is 27.6 Å². The van der Waals surface area contributed by atoms with Crippen molar-refractivity contribution in [1.82, 2.24) is 9.88 Å². The van der Waals surface area contributed by atoms with Gasteiger partial charge in [0.25, 0.3) is 0 Å². The molecule has 3 aromatic carbocycles. The Balaban J connectivity index is 1.11. The average molecular weight is 505 g/mol. The van der Waals surface area contributed by atoms with Crippen LogP contribution in [0.4, 0.5) is 4.79 Å². The van der Waals surface area contributed by atoms with E-state index in [1.165, 1.54) is 27.8 Å². The number of hydrogen-bond acceptors (Lipinski definition) is 5. The van der Waals surface area contributed by atoms with Crippen molar-refractivity contribution in [1.29, 1.82) is 0 Å². The molecular weight excluding hydrogens is 476 g/mol. The highest BCUT2D eigenvalue weighted by Gasteiger charge is 2.40. The van der Waals surface area contributed by atoms with Crippen molar-refractivity contribution < 1.29 is 19.0 Å². The summed E-state index contributed by atoms with van der Waals surface area (Å²) in [6, 6.07) is 26.8. The Morgan fingerprint density at radius 2 is 1.74 bits per heavy atom. The van der Waals surface area contributed by atoms with Crippen molar-refractivity contribution in [3.8, 4) is 17.0 Å². The molecule has 2 bridgehead atoms. The fraction of sp³-hybridized carbons (Fsp3) is 0.250. The van der Waals surface area contributed by atoms with E-state index in [0.29, 0.717) is 25.7 Å². The summed E-state index contributed by atoms with van der Waals surface area (Å²) in [5, 5.41) is 1.06. The maximum Gasteiger partial charge on any atom is 0.410 e. The summed E-state index contributed by atoms with van der Waals surface area (Å²) in [5.74, 6) is 0.649. The molecule has 1 fully saturated rings. The SMILES string of the molecule is COc1ccc2cc(C3=CC4COCC(C3)N4C(=O)OCC3c4ccccc4-c4ccccc43)ccc2n1. The van der Waals surface area contributed by atoms with E-state index in [9.17, 15) is 4.79 Å². The summed E-state index contributed by atoms with van der Waals surface area (Å²) in [4.78, 5) is 19.9. The third-order valence-electron chi connectivity index (χ3n) is 7.99. The number of rotatable bonds is 4. The number of benzene rings is 3. The van der Waals surface area contributed by atoms with Crippen LogP contribution < -0.4 is 4.74 Å². The van der Waals surface area contributed by atoms with E-state index in [1.54, 1.807) is 7.11 Å². The summed E-state index contributed by atoms with van der Waals surface area (Å²) in [6.07, 6.45) is 2.61. The number of carbonyl (C=O) groups is 1. The fourth-order valence-electron chi connectivity index (χ4n) is 6.18. The largest absolute Gasteiger partial charge is 0.481 e. The van der Waals surface area contributed by atoms with Gasteiger partial charge in [-0.05, 0) is 58.0 Å². The second kappa shape index (κ2) is 9.30. The highest BCUT2D eigenvalue weighted by atomic mass is 16.6. The van der Waals surface area contributed by atoms with E-state index in [2.05, 4.69) is 71.7 Å². The molecule has 1 aromatic heterocycles. The van der Waals surface area contributed by atoms with Crippen LogP contribution >= 0.6 is 0 Å². The molecule has 1 amide bonds. The molecular formula is C32H28N2O4. The first-order valence-corrected chi connectivity index (χ1v) is 13.1. The second-order valence-corrected chi connectivity index (χ2v) is 10.1. The van der Waals surface area contributed by atoms with E-state index in [1.807, 2.05) is 23.1 Å². The van der Waals surface area contributed by atoms with E-state index in [4.69, 9.17) is 14.2 Å². The molecule has 0 N–H and O–H groups in total. The first-order valence-electron chi connectivity index (χ1n) is 13.1. The number of amides is 1. The van der Waals surface area contributed by atoms with Gasteiger partial charge in [0.2, 0.25) is 5.88 Å². The van der Waals surface area contributed by atoms with E-state index < -0.39 is 0 Å². The van der Waals surface area contributed by atoms with Crippen LogP contribution in [0, 0.1) is 0 Å². The molecule has 6 heteroatoms. The summed E-state index contributed by atoms with van der Waals surface area (Å²) in [6.45, 7) is 1.29. The topological polar surface area (TPSA) is 60.9 Å². The van der Waals surface area contributed by atoms with Gasteiger partial charge >= 0.3 is 6.09 Å². The number of fused-ring (bicyclic) bond motifs is 6. The average Bonchev–Trinajstić information content (AvgIpc) is 3.28. The first kappa shape index (κ1) is 23.0. The van der Waals surface area contributed by atoms with Gasteiger partial charge in [-0.15, -0.1) is 0 Å². The van der Waals surface area contributed by atoms with Crippen molar-refractivity contribution in [3.63, 3.8) is 0 Å². The molecule has 1 aliphatic carbocycles. The fourth-order valence-corrected chi connectivity index (χ4v) is 6.18. The molecule has 2 unspecified atom stereocenters. The standard InChI is InChI=1S/C32H28N2O4/c1-36-31-13-11-21-14-20(10-12-30(21)33-31)22-15-23-17-37-18-24(16-22)34(23)32(35)38-19-29-27-8-4-2-6-25(27)26-7-3-5-9-28(26)29/h2-15,23-24,29H,16-19H2,1H3. The number of aromatic nitrogens is 1. The van der Waals surface area contributed by atoms with Crippen molar-refractivity contribution >= 4 is 22.6 Å². The zero-order valence-corrected chi connectivity index (χ0v) is 21.2. The van der Waals surface area contributed by atoms with Crippen molar-refractivity contribution in [3.05, 3.63) is 102 Å². The van der Waals surface area contributed by atoms with Crippen LogP contribution in [0.2, 0.25) is 0 Å². The monoisotopic (exact) mass is 504 g/mol. The predicted molar refractivity (Wildman–Crippen MR) is 146 cm³/mol. The molecule has 4 aromatic rings. The molecule has 6 nitrogen and oxygen atoms in total. The van der Waals surface area contributed by atoms with Gasteiger partial charge in [-0.3, -0.25) is 4.90 Å². The minimum atomic E-state index is -0.268. The maximum absolute atomic E-state index is 13.5. The van der Waals surface area contributed by atoms with Crippen LogP contribution in [0.1, 0.15) is 29.0 Å². The van der Waals surface area contributed by atoms with Crippen LogP contribution in [0.3, 0.4) is 0 Å². The Morgan fingerprint density at radius 3 is 2.47 bits per heavy atom. The van der Waals surface area contributed by atoms with Gasteiger partial charge in [-0.2, -0.15) is 0 Å². The second-order valence-electron chi connectivity index (χ2n) is 10.1. The van der Waals surface area contributed by atoms with Crippen LogP contribution in [-0.4, -0.2) is 55.0 Å². The van der Waals surface area contributed by atoms with Crippen LogP contribution in [-0.2, 0) is 9.47 Å². The molecule has 38 heavy (non-hydrogen) atoms. The van der Waals surface area contributed by atoms with E-state index >= 15 is 0 Å². The quantitative estimate of drug-likeness (QED) is 0.339. The number of ether oxygens (including phenoxy) is 3. The number of methoxy groups -OCH3 is 1. The van der Waals surface area contributed by atoms with Gasteiger partial charge in [-0.1, -0.05) is 60.7 Å². The normalized spacial score (nSPS) is 20.0. The molecule has 2 aliphatic heterocycles. The van der Waals surface area contributed by atoms with Crippen LogP contribution in [0.15, 0.2) is 84.9 Å². The van der Waals surface area contributed by atoms with E-state index in [-0.39, 0.29) is 24.1 Å². The Morgan fingerprint density at radius 1 is 0.974 bits per heavy atom. The number of hydrogen-bond donors (Lipinski definition) is 0. The van der Waals surface area contributed by atoms with Gasteiger partial charge in [0.15, 0.2) is 0 Å². The zero-order valence-electron chi connectivity index (χ0n) is 21.2. The number of carbonyl (C=O) groups excluding carboxylic acids is 1. The minimum Gasteiger partial charge on any atom is -0.481 e. The molecule has 3 aliphatic rings. The third kappa shape index (κ3) is 3.84. The van der Waals surface area contributed by atoms with Crippen molar-refractivity contribution in [2.75, 3.05) is 26.9 Å². The Hall–Kier alpha value is -4.16. The molecule has 0 radical (unpaired) electrons. The Labute approximate surface area is 221 Å². The molecule has 3 heterocycles. The smallest absolute Gasteiger partial charge is 0.410 e.